The van der Waals surface area contributed by atoms with Crippen LogP contribution >= 0.6 is 11.6 Å². The molecule has 0 unspecified atom stereocenters. The SMILES string of the molecule is CCc1ccc(C(=O)Nc2nccnc2Cl)cc1. The molecule has 5 heteroatoms. The Balaban J connectivity index is 2.14. The van der Waals surface area contributed by atoms with Gasteiger partial charge in [0.25, 0.3) is 5.91 Å². The summed E-state index contributed by atoms with van der Waals surface area (Å²) < 4.78 is 0. The van der Waals surface area contributed by atoms with Crippen molar-refractivity contribution < 1.29 is 4.79 Å². The standard InChI is InChI=1S/C13H12ClN3O/c1-2-9-3-5-10(6-4-9)13(18)17-12-11(14)15-7-8-16-12/h3-8H,2H2,1H3,(H,16,17,18). The highest BCUT2D eigenvalue weighted by atomic mass is 35.5. The van der Waals surface area contributed by atoms with Gasteiger partial charge in [-0.15, -0.1) is 0 Å². The van der Waals surface area contributed by atoms with E-state index in [0.29, 0.717) is 5.56 Å². The summed E-state index contributed by atoms with van der Waals surface area (Å²) in [7, 11) is 0. The molecular weight excluding hydrogens is 250 g/mol. The molecule has 2 aromatic rings. The molecule has 92 valence electrons. The van der Waals surface area contributed by atoms with Crippen LogP contribution in [0.1, 0.15) is 22.8 Å². The van der Waals surface area contributed by atoms with Crippen molar-refractivity contribution in [2.45, 2.75) is 13.3 Å². The number of aromatic nitrogens is 2. The Kier molecular flexibility index (Phi) is 3.89. The highest BCUT2D eigenvalue weighted by molar-refractivity contribution is 6.32. The molecule has 1 aromatic heterocycles. The molecule has 0 aliphatic heterocycles. The number of hydrogen-bond acceptors (Lipinski definition) is 3. The Hall–Kier alpha value is -1.94. The van der Waals surface area contributed by atoms with Crippen molar-refractivity contribution in [2.24, 2.45) is 0 Å². The van der Waals surface area contributed by atoms with Crippen molar-refractivity contribution in [3.8, 4) is 0 Å². The van der Waals surface area contributed by atoms with Gasteiger partial charge in [-0.25, -0.2) is 9.97 Å². The molecule has 1 amide bonds. The molecule has 4 nitrogen and oxygen atoms in total. The summed E-state index contributed by atoms with van der Waals surface area (Å²) in [6.07, 6.45) is 3.88. The van der Waals surface area contributed by atoms with E-state index in [1.54, 1.807) is 12.1 Å². The lowest BCUT2D eigenvalue weighted by Crippen LogP contribution is -2.13. The van der Waals surface area contributed by atoms with E-state index in [9.17, 15) is 4.79 Å². The van der Waals surface area contributed by atoms with E-state index in [1.165, 1.54) is 18.0 Å². The Morgan fingerprint density at radius 2 is 1.89 bits per heavy atom. The summed E-state index contributed by atoms with van der Waals surface area (Å²) in [4.78, 5) is 19.7. The number of benzene rings is 1. The van der Waals surface area contributed by atoms with Gasteiger partial charge in [0.15, 0.2) is 11.0 Å². The third-order valence-electron chi connectivity index (χ3n) is 2.51. The number of halogens is 1. The maximum atomic E-state index is 11.9. The first kappa shape index (κ1) is 12.5. The van der Waals surface area contributed by atoms with E-state index in [2.05, 4.69) is 22.2 Å². The normalized spacial score (nSPS) is 10.1. The molecular formula is C13H12ClN3O. The Bertz CT molecular complexity index is 554. The molecule has 0 fully saturated rings. The van der Waals surface area contributed by atoms with E-state index in [1.807, 2.05) is 12.1 Å². The van der Waals surface area contributed by atoms with Gasteiger partial charge in [-0.1, -0.05) is 30.7 Å². The molecule has 0 atom stereocenters. The van der Waals surface area contributed by atoms with Crippen molar-refractivity contribution in [3.05, 3.63) is 52.9 Å². The van der Waals surface area contributed by atoms with Crippen molar-refractivity contribution >= 4 is 23.3 Å². The van der Waals surface area contributed by atoms with Crippen LogP contribution < -0.4 is 5.32 Å². The Morgan fingerprint density at radius 1 is 1.22 bits per heavy atom. The summed E-state index contributed by atoms with van der Waals surface area (Å²) in [6.45, 7) is 2.06. The van der Waals surface area contributed by atoms with Crippen LogP contribution in [-0.2, 0) is 6.42 Å². The summed E-state index contributed by atoms with van der Waals surface area (Å²) in [5.74, 6) is 0.0174. The molecule has 0 aliphatic rings. The third kappa shape index (κ3) is 2.84. The van der Waals surface area contributed by atoms with Crippen LogP contribution in [0.4, 0.5) is 5.82 Å². The molecule has 2 rings (SSSR count). The first-order valence-corrected chi connectivity index (χ1v) is 5.95. The third-order valence-corrected chi connectivity index (χ3v) is 2.79. The molecule has 0 aliphatic carbocycles. The van der Waals surface area contributed by atoms with Crippen molar-refractivity contribution in [1.82, 2.24) is 9.97 Å². The summed E-state index contributed by atoms with van der Waals surface area (Å²) >= 11 is 5.82. The molecule has 0 bridgehead atoms. The smallest absolute Gasteiger partial charge is 0.256 e. The predicted molar refractivity (Wildman–Crippen MR) is 70.8 cm³/mol. The first-order valence-electron chi connectivity index (χ1n) is 5.57. The molecule has 0 radical (unpaired) electrons. The number of nitrogens with zero attached hydrogens (tertiary/aromatic N) is 2. The van der Waals surface area contributed by atoms with Crippen LogP contribution in [0.15, 0.2) is 36.7 Å². The van der Waals surface area contributed by atoms with Gasteiger partial charge in [0, 0.05) is 18.0 Å². The molecule has 18 heavy (non-hydrogen) atoms. The van der Waals surface area contributed by atoms with Crippen LogP contribution in [0.2, 0.25) is 5.15 Å². The van der Waals surface area contributed by atoms with Gasteiger partial charge in [0.05, 0.1) is 0 Å². The van der Waals surface area contributed by atoms with Gasteiger partial charge >= 0.3 is 0 Å². The van der Waals surface area contributed by atoms with E-state index in [4.69, 9.17) is 11.6 Å². The van der Waals surface area contributed by atoms with Crippen molar-refractivity contribution in [3.63, 3.8) is 0 Å². The second-order valence-electron chi connectivity index (χ2n) is 3.70. The lowest BCUT2D eigenvalue weighted by molar-refractivity contribution is 0.102. The predicted octanol–water partition coefficient (Wildman–Crippen LogP) is 2.94. The van der Waals surface area contributed by atoms with Gasteiger partial charge in [-0.05, 0) is 24.1 Å². The largest absolute Gasteiger partial charge is 0.304 e. The van der Waals surface area contributed by atoms with Crippen LogP contribution in [-0.4, -0.2) is 15.9 Å². The lowest BCUT2D eigenvalue weighted by Gasteiger charge is -2.05. The fourth-order valence-electron chi connectivity index (χ4n) is 1.48. The fourth-order valence-corrected chi connectivity index (χ4v) is 1.63. The van der Waals surface area contributed by atoms with E-state index < -0.39 is 0 Å². The highest BCUT2D eigenvalue weighted by Gasteiger charge is 2.09. The Labute approximate surface area is 110 Å². The number of hydrogen-bond donors (Lipinski definition) is 1. The number of nitrogens with one attached hydrogen (secondary N) is 1. The molecule has 1 heterocycles. The quantitative estimate of drug-likeness (QED) is 0.924. The fraction of sp³-hybridized carbons (Fsp3) is 0.154. The maximum absolute atomic E-state index is 11.9. The minimum absolute atomic E-state index is 0.177. The lowest BCUT2D eigenvalue weighted by atomic mass is 10.1. The van der Waals surface area contributed by atoms with Crippen LogP contribution in [0, 0.1) is 0 Å². The molecule has 0 saturated heterocycles. The van der Waals surface area contributed by atoms with Gasteiger partial charge < -0.3 is 5.32 Å². The first-order chi connectivity index (χ1) is 8.70. The van der Waals surface area contributed by atoms with Crippen LogP contribution in [0.25, 0.3) is 0 Å². The van der Waals surface area contributed by atoms with Crippen LogP contribution in [0.3, 0.4) is 0 Å². The van der Waals surface area contributed by atoms with E-state index in [-0.39, 0.29) is 16.9 Å². The van der Waals surface area contributed by atoms with E-state index >= 15 is 0 Å². The summed E-state index contributed by atoms with van der Waals surface area (Å²) in [6, 6.07) is 7.40. The average molecular weight is 262 g/mol. The zero-order valence-corrected chi connectivity index (χ0v) is 10.6. The Morgan fingerprint density at radius 3 is 2.50 bits per heavy atom. The second kappa shape index (κ2) is 5.60. The number of anilines is 1. The number of carbonyl (C=O) groups excluding carboxylic acids is 1. The zero-order chi connectivity index (χ0) is 13.0. The molecule has 0 saturated carbocycles. The summed E-state index contributed by atoms with van der Waals surface area (Å²) in [5.41, 5.74) is 1.75. The number of amides is 1. The minimum atomic E-state index is -0.250. The topological polar surface area (TPSA) is 54.9 Å². The van der Waals surface area contributed by atoms with E-state index in [0.717, 1.165) is 6.42 Å². The number of aryl methyl sites for hydroxylation is 1. The van der Waals surface area contributed by atoms with Crippen LogP contribution in [0.5, 0.6) is 0 Å². The zero-order valence-electron chi connectivity index (χ0n) is 9.85. The number of carbonyl (C=O) groups is 1. The highest BCUT2D eigenvalue weighted by Crippen LogP contribution is 2.15. The van der Waals surface area contributed by atoms with Gasteiger partial charge in [-0.3, -0.25) is 4.79 Å². The monoisotopic (exact) mass is 261 g/mol. The molecule has 1 N–H and O–H groups in total. The molecule has 1 aromatic carbocycles. The van der Waals surface area contributed by atoms with Gasteiger partial charge in [0.2, 0.25) is 0 Å². The van der Waals surface area contributed by atoms with Gasteiger partial charge in [0.1, 0.15) is 0 Å². The minimum Gasteiger partial charge on any atom is -0.304 e. The maximum Gasteiger partial charge on any atom is 0.256 e. The van der Waals surface area contributed by atoms with Crippen molar-refractivity contribution in [2.75, 3.05) is 5.32 Å². The molecule has 0 spiro atoms. The summed E-state index contributed by atoms with van der Waals surface area (Å²) in [5, 5.41) is 2.80. The number of rotatable bonds is 3. The van der Waals surface area contributed by atoms with Gasteiger partial charge in [-0.2, -0.15) is 0 Å². The second-order valence-corrected chi connectivity index (χ2v) is 4.06. The van der Waals surface area contributed by atoms with Crippen molar-refractivity contribution in [1.29, 1.82) is 0 Å². The average Bonchev–Trinajstić information content (AvgIpc) is 2.41.